The van der Waals surface area contributed by atoms with E-state index in [-0.39, 0.29) is 0 Å². The maximum atomic E-state index is 4.57. The van der Waals surface area contributed by atoms with E-state index in [2.05, 4.69) is 63.5 Å². The monoisotopic (exact) mass is 351 g/mol. The van der Waals surface area contributed by atoms with Crippen molar-refractivity contribution in [3.05, 3.63) is 53.1 Å². The van der Waals surface area contributed by atoms with E-state index in [0.29, 0.717) is 5.92 Å². The summed E-state index contributed by atoms with van der Waals surface area (Å²) in [7, 11) is 1.95. The fraction of sp³-hybridized carbons (Fsp3) is 0.560. The molecule has 26 heavy (non-hydrogen) atoms. The third kappa shape index (κ3) is 5.43. The van der Waals surface area contributed by atoms with Gasteiger partial charge in [0, 0.05) is 18.7 Å². The van der Waals surface area contributed by atoms with Crippen LogP contribution < -0.4 is 0 Å². The molecule has 0 radical (unpaired) electrons. The Morgan fingerprint density at radius 3 is 2.35 bits per heavy atom. The molecule has 2 atom stereocenters. The van der Waals surface area contributed by atoms with Crippen molar-refractivity contribution in [2.75, 3.05) is 7.05 Å². The lowest BCUT2D eigenvalue weighted by Gasteiger charge is -2.29. The number of benzene rings is 1. The number of hydrogen-bond donors (Lipinski definition) is 0. The van der Waals surface area contributed by atoms with Crippen molar-refractivity contribution in [1.82, 2.24) is 0 Å². The Hall–Kier alpha value is -1.63. The summed E-state index contributed by atoms with van der Waals surface area (Å²) >= 11 is 0. The smallest absolute Gasteiger partial charge is 0.0276 e. The first-order chi connectivity index (χ1) is 12.5. The molecule has 1 aliphatic carbocycles. The number of aliphatic imine (C=N–C) groups is 1. The van der Waals surface area contributed by atoms with Gasteiger partial charge in [-0.1, -0.05) is 55.2 Å². The minimum atomic E-state index is 0.511. The Balaban J connectivity index is 2.36. The number of rotatable bonds is 5. The van der Waals surface area contributed by atoms with Gasteiger partial charge in [-0.15, -0.1) is 6.58 Å². The van der Waals surface area contributed by atoms with Crippen LogP contribution in [0.3, 0.4) is 0 Å². The summed E-state index contributed by atoms with van der Waals surface area (Å²) < 4.78 is 0. The molecule has 0 aliphatic heterocycles. The fourth-order valence-corrected chi connectivity index (χ4v) is 4.40. The first kappa shape index (κ1) is 20.7. The van der Waals surface area contributed by atoms with Crippen LogP contribution in [0.4, 0.5) is 0 Å². The maximum absolute atomic E-state index is 4.57. The maximum Gasteiger partial charge on any atom is 0.0276 e. The Morgan fingerprint density at radius 1 is 1.08 bits per heavy atom. The number of aryl methyl sites for hydroxylation is 1. The summed E-state index contributed by atoms with van der Waals surface area (Å²) in [5.41, 5.74) is 8.50. The molecule has 0 bridgehead atoms. The van der Waals surface area contributed by atoms with E-state index in [1.54, 1.807) is 5.57 Å². The topological polar surface area (TPSA) is 12.4 Å². The van der Waals surface area contributed by atoms with Crippen molar-refractivity contribution in [2.24, 2.45) is 16.8 Å². The molecular weight excluding hydrogens is 314 g/mol. The number of allylic oxidation sites excluding steroid dienone is 3. The van der Waals surface area contributed by atoms with Crippen molar-refractivity contribution in [3.8, 4) is 0 Å². The van der Waals surface area contributed by atoms with Gasteiger partial charge in [0.25, 0.3) is 0 Å². The van der Waals surface area contributed by atoms with Gasteiger partial charge in [0.15, 0.2) is 0 Å². The quantitative estimate of drug-likeness (QED) is 0.390. The Labute approximate surface area is 161 Å². The summed E-state index contributed by atoms with van der Waals surface area (Å²) in [4.78, 5) is 4.57. The van der Waals surface area contributed by atoms with Crippen LogP contribution in [0.25, 0.3) is 5.57 Å². The van der Waals surface area contributed by atoms with Crippen molar-refractivity contribution >= 4 is 11.3 Å². The zero-order valence-corrected chi connectivity index (χ0v) is 17.6. The predicted molar refractivity (Wildman–Crippen MR) is 117 cm³/mol. The lowest BCUT2D eigenvalue weighted by Crippen LogP contribution is -2.19. The normalized spacial score (nSPS) is 24.0. The highest BCUT2D eigenvalue weighted by atomic mass is 14.7. The predicted octanol–water partition coefficient (Wildman–Crippen LogP) is 7.28. The molecule has 1 heteroatoms. The molecule has 1 aliphatic rings. The van der Waals surface area contributed by atoms with Gasteiger partial charge in [0.2, 0.25) is 0 Å². The molecule has 1 aromatic carbocycles. The molecule has 0 aromatic heterocycles. The van der Waals surface area contributed by atoms with E-state index in [4.69, 9.17) is 0 Å². The molecule has 0 saturated heterocycles. The summed E-state index contributed by atoms with van der Waals surface area (Å²) in [6, 6.07) is 9.17. The Kier molecular flexibility index (Phi) is 7.87. The molecule has 142 valence electrons. The average molecular weight is 352 g/mol. The average Bonchev–Trinajstić information content (AvgIpc) is 2.62. The van der Waals surface area contributed by atoms with Crippen molar-refractivity contribution in [3.63, 3.8) is 0 Å². The lowest BCUT2D eigenvalue weighted by atomic mass is 9.76. The highest BCUT2D eigenvalue weighted by Crippen LogP contribution is 2.37. The second kappa shape index (κ2) is 9.90. The van der Waals surface area contributed by atoms with Gasteiger partial charge in [0.05, 0.1) is 0 Å². The van der Waals surface area contributed by atoms with Crippen LogP contribution in [-0.2, 0) is 6.42 Å². The molecule has 0 amide bonds. The summed E-state index contributed by atoms with van der Waals surface area (Å²) in [5, 5.41) is 0. The van der Waals surface area contributed by atoms with Gasteiger partial charge < -0.3 is 0 Å². The molecule has 2 unspecified atom stereocenters. The molecule has 1 nitrogen and oxygen atoms in total. The van der Waals surface area contributed by atoms with E-state index in [1.807, 2.05) is 7.05 Å². The van der Waals surface area contributed by atoms with E-state index >= 15 is 0 Å². The Bertz CT molecular complexity index is 660. The minimum absolute atomic E-state index is 0.511. The van der Waals surface area contributed by atoms with Crippen LogP contribution in [0, 0.1) is 11.8 Å². The van der Waals surface area contributed by atoms with Crippen LogP contribution in [0.2, 0.25) is 0 Å². The van der Waals surface area contributed by atoms with Crippen molar-refractivity contribution < 1.29 is 0 Å². The summed E-state index contributed by atoms with van der Waals surface area (Å²) in [6.45, 7) is 13.1. The molecule has 1 saturated carbocycles. The standard InChI is InChI=1S/C25H37N/c1-7-21-11-14-23(15-12-21)19(4)24-16-13-22(17-18(2)3)9-8-10-25(24)20(5)26-6/h11-12,14-15,22,25H,2,7-10,13,16-17H2,1,3-6H3/b24-19+,26-20?. The first-order valence-electron chi connectivity index (χ1n) is 10.3. The van der Waals surface area contributed by atoms with Gasteiger partial charge in [0.1, 0.15) is 0 Å². The highest BCUT2D eigenvalue weighted by Gasteiger charge is 2.24. The van der Waals surface area contributed by atoms with Gasteiger partial charge >= 0.3 is 0 Å². The molecule has 0 N–H and O–H groups in total. The van der Waals surface area contributed by atoms with Crippen LogP contribution in [0.5, 0.6) is 0 Å². The number of hydrogen-bond acceptors (Lipinski definition) is 1. The fourth-order valence-electron chi connectivity index (χ4n) is 4.40. The third-order valence-corrected chi connectivity index (χ3v) is 6.12. The van der Waals surface area contributed by atoms with E-state index in [9.17, 15) is 0 Å². The SMILES string of the molecule is C=C(C)CC1CCCC(C(C)=NC)/C(=C(\C)c2ccc(CC)cc2)CC1. The van der Waals surface area contributed by atoms with Gasteiger partial charge in [-0.25, -0.2) is 0 Å². The second-order valence-electron chi connectivity index (χ2n) is 8.12. The van der Waals surface area contributed by atoms with E-state index in [1.165, 1.54) is 66.5 Å². The first-order valence-corrected chi connectivity index (χ1v) is 10.3. The zero-order chi connectivity index (χ0) is 19.1. The van der Waals surface area contributed by atoms with E-state index in [0.717, 1.165) is 12.3 Å². The van der Waals surface area contributed by atoms with Gasteiger partial charge in [-0.3, -0.25) is 4.99 Å². The van der Waals surface area contributed by atoms with Gasteiger partial charge in [-0.05, 0) is 75.5 Å². The van der Waals surface area contributed by atoms with Crippen LogP contribution in [-0.4, -0.2) is 12.8 Å². The molecular formula is C25H37N. The number of nitrogens with zero attached hydrogens (tertiary/aromatic N) is 1. The summed E-state index contributed by atoms with van der Waals surface area (Å²) in [6.07, 6.45) is 8.61. The minimum Gasteiger partial charge on any atom is -0.297 e. The Morgan fingerprint density at radius 2 is 1.77 bits per heavy atom. The second-order valence-corrected chi connectivity index (χ2v) is 8.12. The van der Waals surface area contributed by atoms with Crippen LogP contribution >= 0.6 is 0 Å². The molecule has 0 heterocycles. The van der Waals surface area contributed by atoms with Crippen LogP contribution in [0.1, 0.15) is 77.3 Å². The zero-order valence-electron chi connectivity index (χ0n) is 17.6. The van der Waals surface area contributed by atoms with Crippen molar-refractivity contribution in [2.45, 2.75) is 72.6 Å². The molecule has 1 fully saturated rings. The molecule has 1 aromatic rings. The molecule has 0 spiro atoms. The van der Waals surface area contributed by atoms with E-state index < -0.39 is 0 Å². The lowest BCUT2D eigenvalue weighted by molar-refractivity contribution is 0.392. The highest BCUT2D eigenvalue weighted by molar-refractivity contribution is 5.89. The molecule has 2 rings (SSSR count). The van der Waals surface area contributed by atoms with Crippen LogP contribution in [0.15, 0.2) is 47.0 Å². The largest absolute Gasteiger partial charge is 0.297 e. The van der Waals surface area contributed by atoms with Crippen molar-refractivity contribution in [1.29, 1.82) is 0 Å². The third-order valence-electron chi connectivity index (χ3n) is 6.12. The summed E-state index contributed by atoms with van der Waals surface area (Å²) in [5.74, 6) is 1.30. The van der Waals surface area contributed by atoms with Gasteiger partial charge in [-0.2, -0.15) is 0 Å².